The van der Waals surface area contributed by atoms with Crippen molar-refractivity contribution < 1.29 is 19.1 Å². The number of hydrogen-bond donors (Lipinski definition) is 2. The number of benzene rings is 1. The van der Waals surface area contributed by atoms with E-state index in [0.717, 1.165) is 5.39 Å². The van der Waals surface area contributed by atoms with E-state index in [0.29, 0.717) is 17.1 Å². The SMILES string of the molecule is NCc1oc2ccccc2c1OCC(=O)O. The average molecular weight is 221 g/mol. The summed E-state index contributed by atoms with van der Waals surface area (Å²) in [5.74, 6) is -0.156. The van der Waals surface area contributed by atoms with Gasteiger partial charge in [0.1, 0.15) is 5.58 Å². The molecule has 0 atom stereocenters. The number of hydrogen-bond acceptors (Lipinski definition) is 4. The number of para-hydroxylation sites is 1. The zero-order valence-electron chi connectivity index (χ0n) is 8.47. The predicted octanol–water partition coefficient (Wildman–Crippen LogP) is 1.35. The number of fused-ring (bicyclic) bond motifs is 1. The van der Waals surface area contributed by atoms with Crippen molar-refractivity contribution in [3.8, 4) is 5.75 Å². The number of aliphatic carboxylic acids is 1. The largest absolute Gasteiger partial charge is 0.479 e. The second-order valence-corrected chi connectivity index (χ2v) is 3.24. The first kappa shape index (κ1) is 10.5. The van der Waals surface area contributed by atoms with Crippen molar-refractivity contribution in [3.05, 3.63) is 30.0 Å². The molecule has 3 N–H and O–H groups in total. The Morgan fingerprint density at radius 3 is 2.88 bits per heavy atom. The molecule has 1 heterocycles. The molecule has 0 spiro atoms. The van der Waals surface area contributed by atoms with Crippen LogP contribution in [0, 0.1) is 0 Å². The molecule has 0 saturated carbocycles. The van der Waals surface area contributed by atoms with E-state index in [1.54, 1.807) is 12.1 Å². The van der Waals surface area contributed by atoms with E-state index in [1.165, 1.54) is 0 Å². The number of carboxylic acids is 1. The molecule has 1 aromatic heterocycles. The molecule has 0 unspecified atom stereocenters. The molecule has 0 amide bonds. The van der Waals surface area contributed by atoms with E-state index < -0.39 is 12.6 Å². The van der Waals surface area contributed by atoms with Gasteiger partial charge in [-0.3, -0.25) is 0 Å². The summed E-state index contributed by atoms with van der Waals surface area (Å²) in [5, 5.41) is 9.30. The van der Waals surface area contributed by atoms with Gasteiger partial charge in [-0.1, -0.05) is 12.1 Å². The molecule has 2 aromatic rings. The second kappa shape index (κ2) is 4.24. The smallest absolute Gasteiger partial charge is 0.341 e. The Bertz CT molecular complexity index is 518. The lowest BCUT2D eigenvalue weighted by molar-refractivity contribution is -0.139. The normalized spacial score (nSPS) is 10.6. The summed E-state index contributed by atoms with van der Waals surface area (Å²) < 4.78 is 10.6. The number of ether oxygens (including phenoxy) is 1. The Labute approximate surface area is 91.4 Å². The van der Waals surface area contributed by atoms with Gasteiger partial charge in [0.2, 0.25) is 0 Å². The number of carbonyl (C=O) groups is 1. The third kappa shape index (κ3) is 1.85. The Morgan fingerprint density at radius 2 is 2.19 bits per heavy atom. The highest BCUT2D eigenvalue weighted by Gasteiger charge is 2.14. The second-order valence-electron chi connectivity index (χ2n) is 3.24. The summed E-state index contributed by atoms with van der Waals surface area (Å²) in [4.78, 5) is 10.4. The summed E-state index contributed by atoms with van der Waals surface area (Å²) in [6, 6.07) is 7.23. The van der Waals surface area contributed by atoms with E-state index in [-0.39, 0.29) is 6.54 Å². The highest BCUT2D eigenvalue weighted by atomic mass is 16.5. The zero-order chi connectivity index (χ0) is 11.5. The molecular weight excluding hydrogens is 210 g/mol. The molecule has 2 rings (SSSR count). The van der Waals surface area contributed by atoms with Crippen LogP contribution in [0.5, 0.6) is 5.75 Å². The van der Waals surface area contributed by atoms with Crippen molar-refractivity contribution in [2.45, 2.75) is 6.54 Å². The molecule has 5 heteroatoms. The summed E-state index contributed by atoms with van der Waals surface area (Å²) in [5.41, 5.74) is 6.14. The van der Waals surface area contributed by atoms with Gasteiger partial charge < -0.3 is 20.0 Å². The van der Waals surface area contributed by atoms with Crippen LogP contribution in [0.2, 0.25) is 0 Å². The first-order chi connectivity index (χ1) is 7.72. The van der Waals surface area contributed by atoms with Crippen LogP contribution >= 0.6 is 0 Å². The van der Waals surface area contributed by atoms with Crippen molar-refractivity contribution in [3.63, 3.8) is 0 Å². The van der Waals surface area contributed by atoms with E-state index >= 15 is 0 Å². The van der Waals surface area contributed by atoms with Crippen LogP contribution in [0.1, 0.15) is 5.76 Å². The minimum atomic E-state index is -1.03. The third-order valence-electron chi connectivity index (χ3n) is 2.14. The topological polar surface area (TPSA) is 85.7 Å². The van der Waals surface area contributed by atoms with E-state index in [1.807, 2.05) is 12.1 Å². The van der Waals surface area contributed by atoms with Crippen molar-refractivity contribution >= 4 is 16.9 Å². The van der Waals surface area contributed by atoms with Crippen molar-refractivity contribution in [2.75, 3.05) is 6.61 Å². The third-order valence-corrected chi connectivity index (χ3v) is 2.14. The van der Waals surface area contributed by atoms with Gasteiger partial charge >= 0.3 is 5.97 Å². The van der Waals surface area contributed by atoms with E-state index in [4.69, 9.17) is 20.0 Å². The lowest BCUT2D eigenvalue weighted by Gasteiger charge is -2.02. The van der Waals surface area contributed by atoms with Gasteiger partial charge in [0, 0.05) is 0 Å². The fourth-order valence-corrected chi connectivity index (χ4v) is 1.50. The van der Waals surface area contributed by atoms with Gasteiger partial charge in [-0.25, -0.2) is 4.79 Å². The van der Waals surface area contributed by atoms with Crippen molar-refractivity contribution in [1.29, 1.82) is 0 Å². The highest BCUT2D eigenvalue weighted by molar-refractivity contribution is 5.85. The predicted molar refractivity (Wildman–Crippen MR) is 57.2 cm³/mol. The maximum absolute atomic E-state index is 10.4. The van der Waals surface area contributed by atoms with Crippen LogP contribution in [0.4, 0.5) is 0 Å². The Kier molecular flexibility index (Phi) is 2.78. The van der Waals surface area contributed by atoms with Crippen LogP contribution in [0.3, 0.4) is 0 Å². The molecule has 0 aliphatic carbocycles. The number of rotatable bonds is 4. The zero-order valence-corrected chi connectivity index (χ0v) is 8.47. The maximum atomic E-state index is 10.4. The lowest BCUT2D eigenvalue weighted by atomic mass is 10.2. The van der Waals surface area contributed by atoms with Crippen LogP contribution < -0.4 is 10.5 Å². The minimum absolute atomic E-state index is 0.170. The van der Waals surface area contributed by atoms with Crippen LogP contribution in [0.15, 0.2) is 28.7 Å². The Balaban J connectivity index is 2.43. The molecule has 0 bridgehead atoms. The molecule has 0 fully saturated rings. The van der Waals surface area contributed by atoms with Gasteiger partial charge in [-0.2, -0.15) is 0 Å². The van der Waals surface area contributed by atoms with Crippen molar-refractivity contribution in [1.82, 2.24) is 0 Å². The maximum Gasteiger partial charge on any atom is 0.341 e. The standard InChI is InChI=1S/C11H11NO4/c12-5-9-11(15-6-10(13)14)7-3-1-2-4-8(7)16-9/h1-4H,5-6,12H2,(H,13,14). The quantitative estimate of drug-likeness (QED) is 0.813. The lowest BCUT2D eigenvalue weighted by Crippen LogP contribution is -2.10. The molecule has 16 heavy (non-hydrogen) atoms. The fraction of sp³-hybridized carbons (Fsp3) is 0.182. The van der Waals surface area contributed by atoms with Gasteiger partial charge in [-0.15, -0.1) is 0 Å². The summed E-state index contributed by atoms with van der Waals surface area (Å²) >= 11 is 0. The Morgan fingerprint density at radius 1 is 1.44 bits per heavy atom. The minimum Gasteiger partial charge on any atom is -0.479 e. The highest BCUT2D eigenvalue weighted by Crippen LogP contribution is 2.32. The molecule has 0 radical (unpaired) electrons. The molecule has 0 saturated heterocycles. The first-order valence-electron chi connectivity index (χ1n) is 4.77. The number of carboxylic acid groups (broad SMARTS) is 1. The van der Waals surface area contributed by atoms with Crippen LogP contribution in [-0.4, -0.2) is 17.7 Å². The fourth-order valence-electron chi connectivity index (χ4n) is 1.50. The summed E-state index contributed by atoms with van der Waals surface area (Å²) in [6.07, 6.45) is 0. The van der Waals surface area contributed by atoms with Crippen LogP contribution in [0.25, 0.3) is 11.0 Å². The molecule has 0 aliphatic rings. The van der Waals surface area contributed by atoms with Gasteiger partial charge in [0.25, 0.3) is 0 Å². The molecule has 0 aliphatic heterocycles. The van der Waals surface area contributed by atoms with E-state index in [9.17, 15) is 4.79 Å². The van der Waals surface area contributed by atoms with Crippen molar-refractivity contribution in [2.24, 2.45) is 5.73 Å². The Hall–Kier alpha value is -2.01. The van der Waals surface area contributed by atoms with Gasteiger partial charge in [-0.05, 0) is 12.1 Å². The van der Waals surface area contributed by atoms with Gasteiger partial charge in [0.15, 0.2) is 18.1 Å². The first-order valence-corrected chi connectivity index (χ1v) is 4.77. The number of nitrogens with two attached hydrogens (primary N) is 1. The number of furan rings is 1. The summed E-state index contributed by atoms with van der Waals surface area (Å²) in [6.45, 7) is -0.236. The monoisotopic (exact) mass is 221 g/mol. The van der Waals surface area contributed by atoms with Gasteiger partial charge in [0.05, 0.1) is 11.9 Å². The molecule has 1 aromatic carbocycles. The molecule has 84 valence electrons. The van der Waals surface area contributed by atoms with E-state index in [2.05, 4.69) is 0 Å². The molecular formula is C11H11NO4. The summed E-state index contributed by atoms with van der Waals surface area (Å²) in [7, 11) is 0. The average Bonchev–Trinajstić information content (AvgIpc) is 2.64. The molecule has 5 nitrogen and oxygen atoms in total. The van der Waals surface area contributed by atoms with Crippen LogP contribution in [-0.2, 0) is 11.3 Å².